The van der Waals surface area contributed by atoms with E-state index in [0.29, 0.717) is 5.56 Å². The van der Waals surface area contributed by atoms with E-state index in [9.17, 15) is 17.6 Å². The number of morpholine rings is 1. The maximum Gasteiger partial charge on any atom is 0.256 e. The van der Waals surface area contributed by atoms with E-state index in [1.54, 1.807) is 12.1 Å². The van der Waals surface area contributed by atoms with Gasteiger partial charge >= 0.3 is 0 Å². The van der Waals surface area contributed by atoms with Crippen LogP contribution in [0, 0.1) is 5.82 Å². The van der Waals surface area contributed by atoms with E-state index in [1.165, 1.54) is 10.4 Å². The molecule has 1 aliphatic heterocycles. The van der Waals surface area contributed by atoms with Crippen molar-refractivity contribution in [1.82, 2.24) is 4.31 Å². The average molecular weight is 440 g/mol. The zero-order valence-corrected chi connectivity index (χ0v) is 17.4. The lowest BCUT2D eigenvalue weighted by molar-refractivity contribution is 0.0729. The van der Waals surface area contributed by atoms with Crippen molar-refractivity contribution in [2.24, 2.45) is 0 Å². The minimum Gasteiger partial charge on any atom is -0.379 e. The molecule has 4 rings (SSSR count). The van der Waals surface area contributed by atoms with Gasteiger partial charge in [0.25, 0.3) is 5.91 Å². The number of benzene rings is 3. The van der Waals surface area contributed by atoms with E-state index >= 15 is 0 Å². The monoisotopic (exact) mass is 440 g/mol. The summed E-state index contributed by atoms with van der Waals surface area (Å²) in [5.74, 6) is -1.28. The first kappa shape index (κ1) is 21.2. The molecule has 3 aromatic carbocycles. The third kappa shape index (κ3) is 4.51. The Morgan fingerprint density at radius 1 is 0.935 bits per heavy atom. The van der Waals surface area contributed by atoms with E-state index in [0.717, 1.165) is 23.3 Å². The van der Waals surface area contributed by atoms with Crippen LogP contribution in [0.4, 0.5) is 10.1 Å². The minimum absolute atomic E-state index is 0.156. The Kier molecular flexibility index (Phi) is 6.13. The fraction of sp³-hybridized carbons (Fsp3) is 0.174. The van der Waals surface area contributed by atoms with Gasteiger partial charge in [-0.25, -0.2) is 12.8 Å². The van der Waals surface area contributed by atoms with E-state index < -0.39 is 26.6 Å². The number of ether oxygens (including phenoxy) is 1. The number of anilines is 1. The highest BCUT2D eigenvalue weighted by Crippen LogP contribution is 2.27. The second kappa shape index (κ2) is 8.97. The summed E-state index contributed by atoms with van der Waals surface area (Å²) in [5.41, 5.74) is 2.24. The quantitative estimate of drug-likeness (QED) is 0.655. The summed E-state index contributed by atoms with van der Waals surface area (Å²) in [4.78, 5) is 12.5. The standard InChI is InChI=1S/C23H21FN2O4S/c24-21-11-10-18(16-22(21)31(28,29)26-12-14-30-15-13-26)25-23(27)20-9-5-4-8-19(20)17-6-2-1-3-7-17/h1-11,16H,12-15H2,(H,25,27). The predicted octanol–water partition coefficient (Wildman–Crippen LogP) is 3.77. The highest BCUT2D eigenvalue weighted by molar-refractivity contribution is 7.89. The Hall–Kier alpha value is -3.07. The first-order valence-electron chi connectivity index (χ1n) is 9.80. The number of sulfonamides is 1. The lowest BCUT2D eigenvalue weighted by atomic mass is 9.99. The van der Waals surface area contributed by atoms with Crippen molar-refractivity contribution < 1.29 is 22.3 Å². The SMILES string of the molecule is O=C(Nc1ccc(F)c(S(=O)(=O)N2CCOCC2)c1)c1ccccc1-c1ccccc1. The van der Waals surface area contributed by atoms with Crippen molar-refractivity contribution >= 4 is 21.6 Å². The molecule has 8 heteroatoms. The maximum absolute atomic E-state index is 14.4. The Bertz CT molecular complexity index is 1190. The molecule has 0 aromatic heterocycles. The molecule has 1 heterocycles. The van der Waals surface area contributed by atoms with Gasteiger partial charge in [-0.1, -0.05) is 48.5 Å². The fourth-order valence-corrected chi connectivity index (χ4v) is 4.95. The second-order valence-corrected chi connectivity index (χ2v) is 8.93. The number of halogens is 1. The lowest BCUT2D eigenvalue weighted by Crippen LogP contribution is -2.40. The van der Waals surface area contributed by atoms with Gasteiger partial charge in [0.1, 0.15) is 10.7 Å². The van der Waals surface area contributed by atoms with E-state index in [1.807, 2.05) is 42.5 Å². The number of rotatable bonds is 5. The zero-order valence-electron chi connectivity index (χ0n) is 16.6. The molecule has 3 aromatic rings. The Morgan fingerprint density at radius 3 is 2.35 bits per heavy atom. The molecule has 6 nitrogen and oxygen atoms in total. The van der Waals surface area contributed by atoms with Crippen LogP contribution in [0.2, 0.25) is 0 Å². The topological polar surface area (TPSA) is 75.7 Å². The van der Waals surface area contributed by atoms with Crippen molar-refractivity contribution in [2.45, 2.75) is 4.90 Å². The van der Waals surface area contributed by atoms with Gasteiger partial charge in [0, 0.05) is 24.3 Å². The average Bonchev–Trinajstić information content (AvgIpc) is 2.81. The summed E-state index contributed by atoms with van der Waals surface area (Å²) in [5, 5.41) is 2.70. The van der Waals surface area contributed by atoms with Crippen LogP contribution in [0.3, 0.4) is 0 Å². The van der Waals surface area contributed by atoms with Gasteiger partial charge in [-0.15, -0.1) is 0 Å². The number of nitrogens with zero attached hydrogens (tertiary/aromatic N) is 1. The van der Waals surface area contributed by atoms with Crippen LogP contribution >= 0.6 is 0 Å². The van der Waals surface area contributed by atoms with Crippen LogP contribution in [0.25, 0.3) is 11.1 Å². The Labute approximate surface area is 180 Å². The summed E-state index contributed by atoms with van der Waals surface area (Å²) in [6.45, 7) is 0.826. The van der Waals surface area contributed by atoms with Gasteiger partial charge < -0.3 is 10.1 Å². The van der Waals surface area contributed by atoms with Crippen molar-refractivity contribution in [3.63, 3.8) is 0 Å². The van der Waals surface area contributed by atoms with Crippen molar-refractivity contribution in [1.29, 1.82) is 0 Å². The van der Waals surface area contributed by atoms with Gasteiger partial charge in [-0.2, -0.15) is 4.31 Å². The first-order valence-corrected chi connectivity index (χ1v) is 11.2. The number of amides is 1. The normalized spacial score (nSPS) is 14.9. The molecule has 0 radical (unpaired) electrons. The van der Waals surface area contributed by atoms with Gasteiger partial charge in [0.15, 0.2) is 0 Å². The van der Waals surface area contributed by atoms with Gasteiger partial charge in [0.2, 0.25) is 10.0 Å². The molecule has 0 spiro atoms. The van der Waals surface area contributed by atoms with Gasteiger partial charge in [-0.05, 0) is 35.4 Å². The Morgan fingerprint density at radius 2 is 1.61 bits per heavy atom. The molecule has 1 amide bonds. The summed E-state index contributed by atoms with van der Waals surface area (Å²) in [7, 11) is -4.04. The molecular weight excluding hydrogens is 419 g/mol. The van der Waals surface area contributed by atoms with Crippen molar-refractivity contribution in [2.75, 3.05) is 31.6 Å². The molecule has 0 unspecified atom stereocenters. The molecular formula is C23H21FN2O4S. The van der Waals surface area contributed by atoms with E-state index in [4.69, 9.17) is 4.74 Å². The van der Waals surface area contributed by atoms with Crippen LogP contribution in [0.1, 0.15) is 10.4 Å². The third-order valence-electron chi connectivity index (χ3n) is 5.03. The molecule has 0 saturated carbocycles. The van der Waals surface area contributed by atoms with Crippen LogP contribution in [0.5, 0.6) is 0 Å². The largest absolute Gasteiger partial charge is 0.379 e. The molecule has 1 aliphatic rings. The molecule has 1 saturated heterocycles. The number of carbonyl (C=O) groups excluding carboxylic acids is 1. The summed E-state index contributed by atoms with van der Waals surface area (Å²) >= 11 is 0. The van der Waals surface area contributed by atoms with Crippen molar-refractivity contribution in [3.8, 4) is 11.1 Å². The summed E-state index contributed by atoms with van der Waals surface area (Å²) in [6, 6.07) is 20.1. The highest BCUT2D eigenvalue weighted by Gasteiger charge is 2.29. The number of carbonyl (C=O) groups is 1. The zero-order chi connectivity index (χ0) is 21.8. The molecule has 1 N–H and O–H groups in total. The van der Waals surface area contributed by atoms with Gasteiger partial charge in [0.05, 0.1) is 13.2 Å². The maximum atomic E-state index is 14.4. The lowest BCUT2D eigenvalue weighted by Gasteiger charge is -2.26. The second-order valence-electron chi connectivity index (χ2n) is 7.03. The third-order valence-corrected chi connectivity index (χ3v) is 6.95. The van der Waals surface area contributed by atoms with E-state index in [-0.39, 0.29) is 32.0 Å². The van der Waals surface area contributed by atoms with Crippen LogP contribution in [-0.2, 0) is 14.8 Å². The molecule has 160 valence electrons. The molecule has 0 atom stereocenters. The van der Waals surface area contributed by atoms with E-state index in [2.05, 4.69) is 5.32 Å². The molecule has 1 fully saturated rings. The highest BCUT2D eigenvalue weighted by atomic mass is 32.2. The number of hydrogen-bond donors (Lipinski definition) is 1. The molecule has 0 bridgehead atoms. The van der Waals surface area contributed by atoms with Gasteiger partial charge in [-0.3, -0.25) is 4.79 Å². The Balaban J connectivity index is 1.63. The van der Waals surface area contributed by atoms with Crippen LogP contribution < -0.4 is 5.32 Å². The molecule has 31 heavy (non-hydrogen) atoms. The van der Waals surface area contributed by atoms with Crippen molar-refractivity contribution in [3.05, 3.63) is 84.2 Å². The summed E-state index contributed by atoms with van der Waals surface area (Å²) < 4.78 is 46.5. The smallest absolute Gasteiger partial charge is 0.256 e. The van der Waals surface area contributed by atoms with Crippen LogP contribution in [0.15, 0.2) is 77.7 Å². The summed E-state index contributed by atoms with van der Waals surface area (Å²) in [6.07, 6.45) is 0. The fourth-order valence-electron chi connectivity index (χ4n) is 3.45. The predicted molar refractivity (Wildman–Crippen MR) is 116 cm³/mol. The van der Waals surface area contributed by atoms with Crippen LogP contribution in [-0.4, -0.2) is 44.9 Å². The number of hydrogen-bond acceptors (Lipinski definition) is 4. The molecule has 0 aliphatic carbocycles. The first-order chi connectivity index (χ1) is 15.0. The number of nitrogens with one attached hydrogen (secondary N) is 1. The minimum atomic E-state index is -4.04.